The van der Waals surface area contributed by atoms with Gasteiger partial charge in [0, 0.05) is 6.54 Å². The van der Waals surface area contributed by atoms with Crippen LogP contribution in [0.3, 0.4) is 0 Å². The molecular formula is C12H20ClN3O2. The van der Waals surface area contributed by atoms with Crippen LogP contribution in [0, 0.1) is 12.8 Å². The van der Waals surface area contributed by atoms with E-state index >= 15 is 0 Å². The predicted molar refractivity (Wildman–Crippen MR) is 71.0 cm³/mol. The average Bonchev–Trinajstić information content (AvgIpc) is 2.77. The van der Waals surface area contributed by atoms with Crippen LogP contribution in [-0.4, -0.2) is 30.5 Å². The maximum Gasteiger partial charge on any atom is 0.273 e. The van der Waals surface area contributed by atoms with Gasteiger partial charge in [-0.3, -0.25) is 4.79 Å². The normalized spacial score (nSPS) is 19.1. The fourth-order valence-electron chi connectivity index (χ4n) is 2.17. The second-order valence-corrected chi connectivity index (χ2v) is 4.51. The molecule has 18 heavy (non-hydrogen) atoms. The summed E-state index contributed by atoms with van der Waals surface area (Å²) in [7, 11) is 0. The maximum atomic E-state index is 11.7. The Morgan fingerprint density at radius 2 is 2.50 bits per heavy atom. The van der Waals surface area contributed by atoms with Crippen molar-refractivity contribution in [1.82, 2.24) is 15.6 Å². The molecule has 1 unspecified atom stereocenters. The third-order valence-electron chi connectivity index (χ3n) is 3.20. The second-order valence-electron chi connectivity index (χ2n) is 4.51. The molecule has 1 saturated heterocycles. The Morgan fingerprint density at radius 1 is 1.67 bits per heavy atom. The van der Waals surface area contributed by atoms with E-state index in [0.29, 0.717) is 23.9 Å². The van der Waals surface area contributed by atoms with Crippen molar-refractivity contribution in [3.05, 3.63) is 17.8 Å². The number of amides is 1. The topological polar surface area (TPSA) is 67.2 Å². The smallest absolute Gasteiger partial charge is 0.273 e. The largest absolute Gasteiger partial charge is 0.448 e. The summed E-state index contributed by atoms with van der Waals surface area (Å²) < 4.78 is 5.00. The number of aromatic nitrogens is 1. The van der Waals surface area contributed by atoms with Crippen LogP contribution >= 0.6 is 12.4 Å². The Bertz CT molecular complexity index is 375. The van der Waals surface area contributed by atoms with Crippen LogP contribution in [0.4, 0.5) is 0 Å². The van der Waals surface area contributed by atoms with Gasteiger partial charge in [0.25, 0.3) is 5.91 Å². The Labute approximate surface area is 113 Å². The molecule has 0 aliphatic carbocycles. The highest BCUT2D eigenvalue weighted by molar-refractivity contribution is 5.92. The number of hydrogen-bond donors (Lipinski definition) is 2. The van der Waals surface area contributed by atoms with Crippen LogP contribution in [0.15, 0.2) is 10.8 Å². The first-order valence-electron chi connectivity index (χ1n) is 6.16. The van der Waals surface area contributed by atoms with E-state index in [2.05, 4.69) is 15.6 Å². The Balaban J connectivity index is 0.00000162. The monoisotopic (exact) mass is 273 g/mol. The van der Waals surface area contributed by atoms with Crippen molar-refractivity contribution in [1.29, 1.82) is 0 Å². The molecule has 0 saturated carbocycles. The van der Waals surface area contributed by atoms with Crippen molar-refractivity contribution in [3.63, 3.8) is 0 Å². The minimum absolute atomic E-state index is 0. The van der Waals surface area contributed by atoms with E-state index in [9.17, 15) is 4.79 Å². The van der Waals surface area contributed by atoms with Crippen molar-refractivity contribution in [2.24, 2.45) is 5.92 Å². The van der Waals surface area contributed by atoms with Crippen molar-refractivity contribution in [2.45, 2.75) is 26.2 Å². The van der Waals surface area contributed by atoms with Crippen LogP contribution in [0.2, 0.25) is 0 Å². The number of nitrogens with one attached hydrogen (secondary N) is 2. The molecule has 1 aliphatic heterocycles. The lowest BCUT2D eigenvalue weighted by molar-refractivity contribution is 0.0945. The summed E-state index contributed by atoms with van der Waals surface area (Å²) in [5.74, 6) is 1.12. The van der Waals surface area contributed by atoms with Gasteiger partial charge >= 0.3 is 0 Å². The summed E-state index contributed by atoms with van der Waals surface area (Å²) in [4.78, 5) is 15.6. The highest BCUT2D eigenvalue weighted by Gasteiger charge is 2.15. The van der Waals surface area contributed by atoms with E-state index in [4.69, 9.17) is 4.42 Å². The molecular weight excluding hydrogens is 254 g/mol. The number of rotatable bonds is 4. The molecule has 102 valence electrons. The molecule has 5 nitrogen and oxygen atoms in total. The molecule has 2 heterocycles. The number of piperidine rings is 1. The van der Waals surface area contributed by atoms with Crippen LogP contribution in [-0.2, 0) is 0 Å². The van der Waals surface area contributed by atoms with E-state index in [1.807, 2.05) is 0 Å². The van der Waals surface area contributed by atoms with Gasteiger partial charge in [0.1, 0.15) is 5.76 Å². The molecule has 2 rings (SSSR count). The number of carbonyl (C=O) groups excluding carboxylic acids is 1. The minimum Gasteiger partial charge on any atom is -0.448 e. The molecule has 0 aromatic carbocycles. The summed E-state index contributed by atoms with van der Waals surface area (Å²) in [6.45, 7) is 4.64. The summed E-state index contributed by atoms with van der Waals surface area (Å²) in [5, 5.41) is 6.25. The second kappa shape index (κ2) is 7.38. The highest BCUT2D eigenvalue weighted by Crippen LogP contribution is 2.13. The first kappa shape index (κ1) is 15.0. The number of nitrogens with zero attached hydrogens (tertiary/aromatic N) is 1. The lowest BCUT2D eigenvalue weighted by Crippen LogP contribution is -2.33. The van der Waals surface area contributed by atoms with Gasteiger partial charge in [0.05, 0.1) is 0 Å². The molecule has 2 N–H and O–H groups in total. The maximum absolute atomic E-state index is 11.7. The van der Waals surface area contributed by atoms with Gasteiger partial charge in [0.2, 0.25) is 0 Å². The first-order chi connectivity index (χ1) is 8.27. The van der Waals surface area contributed by atoms with Crippen molar-refractivity contribution in [3.8, 4) is 0 Å². The Morgan fingerprint density at radius 3 is 3.11 bits per heavy atom. The van der Waals surface area contributed by atoms with E-state index < -0.39 is 0 Å². The van der Waals surface area contributed by atoms with Gasteiger partial charge < -0.3 is 15.1 Å². The zero-order chi connectivity index (χ0) is 12.1. The number of oxazole rings is 1. The van der Waals surface area contributed by atoms with Crippen molar-refractivity contribution < 1.29 is 9.21 Å². The number of hydrogen-bond acceptors (Lipinski definition) is 4. The average molecular weight is 274 g/mol. The van der Waals surface area contributed by atoms with Crippen molar-refractivity contribution >= 4 is 18.3 Å². The molecule has 1 aromatic heterocycles. The molecule has 1 atom stereocenters. The van der Waals surface area contributed by atoms with Crippen LogP contribution in [0.1, 0.15) is 35.5 Å². The van der Waals surface area contributed by atoms with E-state index in [0.717, 1.165) is 19.5 Å². The van der Waals surface area contributed by atoms with E-state index in [-0.39, 0.29) is 18.3 Å². The lowest BCUT2D eigenvalue weighted by atomic mass is 9.96. The fourth-order valence-corrected chi connectivity index (χ4v) is 2.17. The summed E-state index contributed by atoms with van der Waals surface area (Å²) >= 11 is 0. The van der Waals surface area contributed by atoms with Crippen molar-refractivity contribution in [2.75, 3.05) is 19.6 Å². The van der Waals surface area contributed by atoms with Gasteiger partial charge in [-0.2, -0.15) is 0 Å². The summed E-state index contributed by atoms with van der Waals surface area (Å²) in [5.41, 5.74) is 0.395. The summed E-state index contributed by atoms with van der Waals surface area (Å²) in [6, 6.07) is 0. The number of carbonyl (C=O) groups is 1. The zero-order valence-corrected chi connectivity index (χ0v) is 11.4. The number of aryl methyl sites for hydroxylation is 1. The van der Waals surface area contributed by atoms with Crippen LogP contribution < -0.4 is 10.6 Å². The number of halogens is 1. The van der Waals surface area contributed by atoms with Gasteiger partial charge in [-0.1, -0.05) is 0 Å². The van der Waals surface area contributed by atoms with Gasteiger partial charge in [-0.15, -0.1) is 12.4 Å². The Kier molecular flexibility index (Phi) is 6.15. The molecule has 1 fully saturated rings. The van der Waals surface area contributed by atoms with Crippen LogP contribution in [0.25, 0.3) is 0 Å². The molecule has 0 radical (unpaired) electrons. The molecule has 0 bridgehead atoms. The van der Waals surface area contributed by atoms with E-state index in [1.54, 1.807) is 6.92 Å². The van der Waals surface area contributed by atoms with Crippen LogP contribution in [0.5, 0.6) is 0 Å². The van der Waals surface area contributed by atoms with Gasteiger partial charge in [0.15, 0.2) is 12.1 Å². The van der Waals surface area contributed by atoms with Gasteiger partial charge in [-0.05, 0) is 45.2 Å². The SMILES string of the molecule is Cc1ocnc1C(=O)NCCC1CCCNC1.Cl. The minimum atomic E-state index is -0.139. The highest BCUT2D eigenvalue weighted by atomic mass is 35.5. The first-order valence-corrected chi connectivity index (χ1v) is 6.16. The lowest BCUT2D eigenvalue weighted by Gasteiger charge is -2.22. The summed E-state index contributed by atoms with van der Waals surface area (Å²) in [6.07, 6.45) is 4.82. The molecule has 0 spiro atoms. The quantitative estimate of drug-likeness (QED) is 0.873. The fraction of sp³-hybridized carbons (Fsp3) is 0.667. The molecule has 1 amide bonds. The third-order valence-corrected chi connectivity index (χ3v) is 3.20. The predicted octanol–water partition coefficient (Wildman–Crippen LogP) is 1.52. The zero-order valence-electron chi connectivity index (χ0n) is 10.6. The molecule has 1 aromatic rings. The third kappa shape index (κ3) is 3.99. The molecule has 6 heteroatoms. The van der Waals surface area contributed by atoms with Gasteiger partial charge in [-0.25, -0.2) is 4.98 Å². The Hall–Kier alpha value is -1.07. The standard InChI is InChI=1S/C12H19N3O2.ClH/c1-9-11(15-8-17-9)12(16)14-6-4-10-3-2-5-13-7-10;/h8,10,13H,2-7H2,1H3,(H,14,16);1H. The molecule has 1 aliphatic rings. The van der Waals surface area contributed by atoms with E-state index in [1.165, 1.54) is 19.2 Å².